The van der Waals surface area contributed by atoms with Crippen LogP contribution < -0.4 is 0 Å². The molecule has 1 fully saturated rings. The van der Waals surface area contributed by atoms with Crippen LogP contribution in [0, 0.1) is 0 Å². The third-order valence-corrected chi connectivity index (χ3v) is 1.75. The Morgan fingerprint density at radius 3 is 1.47 bits per heavy atom. The normalized spacial score (nSPS) is 32.0. The van der Waals surface area contributed by atoms with Gasteiger partial charge < -0.3 is 4.74 Å². The van der Waals surface area contributed by atoms with Gasteiger partial charge in [0.1, 0.15) is 6.10 Å². The van der Waals surface area contributed by atoms with Crippen LogP contribution in [-0.4, -0.2) is 30.6 Å². The van der Waals surface area contributed by atoms with Gasteiger partial charge in [0.15, 0.2) is 0 Å². The smallest absolute Gasteiger partial charge is 0.327 e. The Morgan fingerprint density at radius 1 is 0.933 bits per heavy atom. The van der Waals surface area contributed by atoms with E-state index in [2.05, 4.69) is 9.47 Å². The fraction of sp³-hybridized carbons (Fsp3) is 1.00. The van der Waals surface area contributed by atoms with Gasteiger partial charge in [0.05, 0.1) is 0 Å². The van der Waals surface area contributed by atoms with E-state index < -0.39 is 30.6 Å². The summed E-state index contributed by atoms with van der Waals surface area (Å²) in [6, 6.07) is 0. The van der Waals surface area contributed by atoms with Crippen molar-refractivity contribution in [3.63, 3.8) is 0 Å². The van der Waals surface area contributed by atoms with E-state index in [4.69, 9.17) is 0 Å². The third-order valence-electron chi connectivity index (χ3n) is 1.75. The monoisotopic (exact) mass is 242 g/mol. The quantitative estimate of drug-likeness (QED) is 0.607. The zero-order valence-corrected chi connectivity index (χ0v) is 7.12. The molecule has 1 aliphatic rings. The summed E-state index contributed by atoms with van der Waals surface area (Å²) in [7, 11) is 0. The van der Waals surface area contributed by atoms with Gasteiger partial charge in [0, 0.05) is 0 Å². The predicted octanol–water partition coefficient (Wildman–Crippen LogP) is 2.54. The van der Waals surface area contributed by atoms with Gasteiger partial charge in [-0.25, -0.2) is 4.39 Å². The number of rotatable bonds is 0. The Balaban J connectivity index is 3.12. The highest BCUT2D eigenvalue weighted by molar-refractivity contribution is 4.92. The molecule has 0 bridgehead atoms. The second kappa shape index (κ2) is 3.21. The Morgan fingerprint density at radius 2 is 1.33 bits per heavy atom. The zero-order valence-electron chi connectivity index (χ0n) is 7.12. The van der Waals surface area contributed by atoms with E-state index in [1.54, 1.807) is 0 Å². The molecule has 15 heavy (non-hydrogen) atoms. The van der Waals surface area contributed by atoms with Crippen LogP contribution in [0.25, 0.3) is 0 Å². The Labute approximate surface area is 78.9 Å². The summed E-state index contributed by atoms with van der Waals surface area (Å²) < 4.78 is 92.1. The van der Waals surface area contributed by atoms with E-state index in [1.165, 1.54) is 0 Å². The lowest BCUT2D eigenvalue weighted by atomic mass is 10.2. The molecular formula is C6H5F7O2. The molecule has 0 aromatic heterocycles. The Bertz CT molecular complexity index is 219. The molecule has 1 saturated heterocycles. The lowest BCUT2D eigenvalue weighted by Crippen LogP contribution is -2.58. The summed E-state index contributed by atoms with van der Waals surface area (Å²) in [5.74, 6) is -4.86. The highest BCUT2D eigenvalue weighted by atomic mass is 19.4. The van der Waals surface area contributed by atoms with Crippen molar-refractivity contribution in [1.82, 2.24) is 0 Å². The summed E-state index contributed by atoms with van der Waals surface area (Å²) in [5, 5.41) is 0. The molecule has 0 radical (unpaired) electrons. The minimum absolute atomic E-state index is 0.712. The highest BCUT2D eigenvalue weighted by Gasteiger charge is 2.78. The molecule has 0 aliphatic carbocycles. The first-order chi connectivity index (χ1) is 6.51. The zero-order chi connectivity index (χ0) is 12.1. The molecule has 0 aromatic rings. The summed E-state index contributed by atoms with van der Waals surface area (Å²) in [4.78, 5) is 0. The first kappa shape index (κ1) is 12.5. The highest BCUT2D eigenvalue weighted by Crippen LogP contribution is 2.51. The number of ether oxygens (including phenoxy) is 2. The van der Waals surface area contributed by atoms with Crippen molar-refractivity contribution in [2.24, 2.45) is 0 Å². The van der Waals surface area contributed by atoms with E-state index >= 15 is 0 Å². The predicted molar refractivity (Wildman–Crippen MR) is 31.4 cm³/mol. The number of alkyl halides is 7. The molecule has 0 amide bonds. The van der Waals surface area contributed by atoms with Crippen molar-refractivity contribution in [3.8, 4) is 0 Å². The summed E-state index contributed by atoms with van der Waals surface area (Å²) in [6.07, 6.45) is -16.5. The number of hydrogen-bond donors (Lipinski definition) is 0. The molecule has 1 heterocycles. The van der Waals surface area contributed by atoms with E-state index in [9.17, 15) is 30.7 Å². The fourth-order valence-corrected chi connectivity index (χ4v) is 1.03. The molecule has 2 atom stereocenters. The van der Waals surface area contributed by atoms with Crippen molar-refractivity contribution in [1.29, 1.82) is 0 Å². The van der Waals surface area contributed by atoms with Gasteiger partial charge in [-0.1, -0.05) is 0 Å². The van der Waals surface area contributed by atoms with Crippen LogP contribution in [0.4, 0.5) is 30.7 Å². The van der Waals surface area contributed by atoms with E-state index in [-0.39, 0.29) is 0 Å². The van der Waals surface area contributed by atoms with Crippen molar-refractivity contribution in [2.75, 3.05) is 0 Å². The molecule has 1 aliphatic heterocycles. The van der Waals surface area contributed by atoms with Gasteiger partial charge in [-0.2, -0.15) is 26.3 Å². The first-order valence-electron chi connectivity index (χ1n) is 3.64. The standard InChI is InChI=1S/C6H5F7O2/c1-2-3(7)15-4(14-2,5(8,9)10)6(11,12)13/h2-3H,1H3. The van der Waals surface area contributed by atoms with Crippen molar-refractivity contribution >= 4 is 0 Å². The van der Waals surface area contributed by atoms with Crippen LogP contribution in [0.2, 0.25) is 0 Å². The van der Waals surface area contributed by atoms with Crippen molar-refractivity contribution < 1.29 is 40.2 Å². The minimum atomic E-state index is -5.89. The maximum Gasteiger partial charge on any atom is 0.453 e. The van der Waals surface area contributed by atoms with Crippen LogP contribution in [-0.2, 0) is 9.47 Å². The largest absolute Gasteiger partial charge is 0.453 e. The average Bonchev–Trinajstić information content (AvgIpc) is 2.26. The van der Waals surface area contributed by atoms with Gasteiger partial charge in [-0.3, -0.25) is 4.74 Å². The number of halogens is 7. The summed E-state index contributed by atoms with van der Waals surface area (Å²) in [6.45, 7) is 0.712. The topological polar surface area (TPSA) is 18.5 Å². The van der Waals surface area contributed by atoms with Gasteiger partial charge >= 0.3 is 18.1 Å². The Kier molecular flexibility index (Phi) is 2.67. The van der Waals surface area contributed by atoms with Crippen molar-refractivity contribution in [2.45, 2.75) is 37.5 Å². The summed E-state index contributed by atoms with van der Waals surface area (Å²) >= 11 is 0. The second-order valence-electron chi connectivity index (χ2n) is 2.90. The van der Waals surface area contributed by atoms with Crippen LogP contribution in [0.1, 0.15) is 6.92 Å². The molecule has 0 N–H and O–H groups in total. The summed E-state index contributed by atoms with van der Waals surface area (Å²) in [5.41, 5.74) is 0. The molecule has 1 rings (SSSR count). The van der Waals surface area contributed by atoms with Crippen LogP contribution in [0.15, 0.2) is 0 Å². The van der Waals surface area contributed by atoms with E-state index in [0.29, 0.717) is 6.92 Å². The van der Waals surface area contributed by atoms with Crippen molar-refractivity contribution in [3.05, 3.63) is 0 Å². The van der Waals surface area contributed by atoms with Gasteiger partial charge in [-0.05, 0) is 6.92 Å². The molecule has 2 unspecified atom stereocenters. The SMILES string of the molecule is CC1OC(C(F)(F)F)(C(F)(F)F)OC1F. The van der Waals surface area contributed by atoms with Crippen LogP contribution in [0.5, 0.6) is 0 Å². The Hall–Kier alpha value is -0.570. The van der Waals surface area contributed by atoms with Gasteiger partial charge in [0.2, 0.25) is 6.36 Å². The van der Waals surface area contributed by atoms with Gasteiger partial charge in [0.25, 0.3) is 0 Å². The lowest BCUT2D eigenvalue weighted by molar-refractivity contribution is -0.448. The molecular weight excluding hydrogens is 237 g/mol. The molecule has 0 spiro atoms. The molecule has 9 heteroatoms. The molecule has 0 aromatic carbocycles. The van der Waals surface area contributed by atoms with Crippen LogP contribution in [0.3, 0.4) is 0 Å². The minimum Gasteiger partial charge on any atom is -0.327 e. The fourth-order valence-electron chi connectivity index (χ4n) is 1.03. The first-order valence-corrected chi connectivity index (χ1v) is 3.64. The molecule has 0 saturated carbocycles. The molecule has 90 valence electrons. The van der Waals surface area contributed by atoms with Gasteiger partial charge in [-0.15, -0.1) is 0 Å². The average molecular weight is 242 g/mol. The van der Waals surface area contributed by atoms with E-state index in [1.807, 2.05) is 0 Å². The van der Waals surface area contributed by atoms with Crippen LogP contribution >= 0.6 is 0 Å². The number of hydrogen-bond acceptors (Lipinski definition) is 2. The second-order valence-corrected chi connectivity index (χ2v) is 2.90. The lowest BCUT2D eigenvalue weighted by Gasteiger charge is -2.31. The molecule has 2 nitrogen and oxygen atoms in total. The third kappa shape index (κ3) is 1.78. The maximum atomic E-state index is 12.5. The maximum absolute atomic E-state index is 12.5. The van der Waals surface area contributed by atoms with E-state index in [0.717, 1.165) is 0 Å².